The van der Waals surface area contributed by atoms with E-state index in [1.807, 2.05) is 56.3 Å². The van der Waals surface area contributed by atoms with Crippen LogP contribution in [0.3, 0.4) is 0 Å². The summed E-state index contributed by atoms with van der Waals surface area (Å²) in [5, 5.41) is 7.42. The van der Waals surface area contributed by atoms with Crippen LogP contribution < -0.4 is 15.4 Å². The number of aromatic nitrogens is 2. The molecular formula is C21H23ClN4O. The SMILES string of the molecule is COc1ccccc1CCNc1cc(Nc2ccc(Cl)cc2C)nc(C)n1. The highest BCUT2D eigenvalue weighted by Crippen LogP contribution is 2.24. The van der Waals surface area contributed by atoms with Crippen molar-refractivity contribution in [2.45, 2.75) is 20.3 Å². The predicted molar refractivity (Wildman–Crippen MR) is 111 cm³/mol. The summed E-state index contributed by atoms with van der Waals surface area (Å²) in [5.74, 6) is 3.13. The molecule has 27 heavy (non-hydrogen) atoms. The van der Waals surface area contributed by atoms with Gasteiger partial charge in [0.05, 0.1) is 7.11 Å². The summed E-state index contributed by atoms with van der Waals surface area (Å²) < 4.78 is 5.40. The van der Waals surface area contributed by atoms with Crippen LogP contribution >= 0.6 is 11.6 Å². The van der Waals surface area contributed by atoms with Crippen LogP contribution in [0.4, 0.5) is 17.3 Å². The number of para-hydroxylation sites is 1. The Morgan fingerprint density at radius 1 is 1.00 bits per heavy atom. The first kappa shape index (κ1) is 19.0. The van der Waals surface area contributed by atoms with E-state index in [4.69, 9.17) is 16.3 Å². The predicted octanol–water partition coefficient (Wildman–Crippen LogP) is 5.15. The van der Waals surface area contributed by atoms with Crippen LogP contribution in [0, 0.1) is 13.8 Å². The van der Waals surface area contributed by atoms with E-state index in [1.54, 1.807) is 7.11 Å². The molecule has 2 aromatic carbocycles. The molecule has 0 saturated carbocycles. The molecule has 0 aliphatic heterocycles. The van der Waals surface area contributed by atoms with Gasteiger partial charge in [-0.25, -0.2) is 9.97 Å². The molecule has 0 radical (unpaired) electrons. The van der Waals surface area contributed by atoms with Crippen LogP contribution in [0.5, 0.6) is 5.75 Å². The molecular weight excluding hydrogens is 360 g/mol. The van der Waals surface area contributed by atoms with Crippen molar-refractivity contribution < 1.29 is 4.74 Å². The first-order valence-corrected chi connectivity index (χ1v) is 9.17. The Morgan fingerprint density at radius 2 is 1.78 bits per heavy atom. The molecule has 0 amide bonds. The van der Waals surface area contributed by atoms with Crippen molar-refractivity contribution in [3.63, 3.8) is 0 Å². The second-order valence-electron chi connectivity index (χ2n) is 6.26. The van der Waals surface area contributed by atoms with E-state index >= 15 is 0 Å². The number of benzene rings is 2. The molecule has 0 fully saturated rings. The molecule has 1 aromatic heterocycles. The summed E-state index contributed by atoms with van der Waals surface area (Å²) in [4.78, 5) is 8.94. The fourth-order valence-electron chi connectivity index (χ4n) is 2.86. The fourth-order valence-corrected chi connectivity index (χ4v) is 3.09. The van der Waals surface area contributed by atoms with E-state index in [-0.39, 0.29) is 0 Å². The van der Waals surface area contributed by atoms with Crippen LogP contribution in [0.2, 0.25) is 5.02 Å². The van der Waals surface area contributed by atoms with E-state index in [2.05, 4.69) is 26.7 Å². The smallest absolute Gasteiger partial charge is 0.136 e. The topological polar surface area (TPSA) is 59.1 Å². The third-order valence-electron chi connectivity index (χ3n) is 4.18. The number of anilines is 3. The van der Waals surface area contributed by atoms with Crippen molar-refractivity contribution in [1.82, 2.24) is 9.97 Å². The number of hydrogen-bond acceptors (Lipinski definition) is 5. The van der Waals surface area contributed by atoms with Crippen LogP contribution in [0.25, 0.3) is 0 Å². The first-order chi connectivity index (χ1) is 13.0. The number of nitrogens with zero attached hydrogens (tertiary/aromatic N) is 2. The molecule has 3 rings (SSSR count). The Bertz CT molecular complexity index is 930. The second kappa shape index (κ2) is 8.73. The molecule has 0 unspecified atom stereocenters. The lowest BCUT2D eigenvalue weighted by atomic mass is 10.1. The minimum absolute atomic E-state index is 0.700. The van der Waals surface area contributed by atoms with Gasteiger partial charge < -0.3 is 15.4 Å². The summed E-state index contributed by atoms with van der Waals surface area (Å²) in [5.41, 5.74) is 3.19. The molecule has 0 aliphatic carbocycles. The van der Waals surface area contributed by atoms with Crippen LogP contribution in [0.15, 0.2) is 48.5 Å². The van der Waals surface area contributed by atoms with E-state index in [0.29, 0.717) is 5.82 Å². The van der Waals surface area contributed by atoms with Gasteiger partial charge in [0, 0.05) is 23.3 Å². The monoisotopic (exact) mass is 382 g/mol. The third kappa shape index (κ3) is 5.11. The maximum atomic E-state index is 6.03. The quantitative estimate of drug-likeness (QED) is 0.591. The molecule has 5 nitrogen and oxygen atoms in total. The second-order valence-corrected chi connectivity index (χ2v) is 6.69. The van der Waals surface area contributed by atoms with Gasteiger partial charge in [-0.05, 0) is 55.7 Å². The molecule has 0 aliphatic rings. The zero-order valence-corrected chi connectivity index (χ0v) is 16.5. The lowest BCUT2D eigenvalue weighted by molar-refractivity contribution is 0.410. The van der Waals surface area contributed by atoms with Gasteiger partial charge in [-0.2, -0.15) is 0 Å². The summed E-state index contributed by atoms with van der Waals surface area (Å²) in [7, 11) is 1.69. The lowest BCUT2D eigenvalue weighted by Gasteiger charge is -2.13. The normalized spacial score (nSPS) is 10.5. The lowest BCUT2D eigenvalue weighted by Crippen LogP contribution is -2.09. The summed E-state index contributed by atoms with van der Waals surface area (Å²) in [6, 6.07) is 15.7. The zero-order valence-electron chi connectivity index (χ0n) is 15.7. The maximum absolute atomic E-state index is 6.03. The number of methoxy groups -OCH3 is 1. The highest BCUT2D eigenvalue weighted by atomic mass is 35.5. The Morgan fingerprint density at radius 3 is 2.56 bits per heavy atom. The van der Waals surface area contributed by atoms with Gasteiger partial charge in [0.1, 0.15) is 23.2 Å². The Kier molecular flexibility index (Phi) is 6.14. The van der Waals surface area contributed by atoms with Gasteiger partial charge in [-0.3, -0.25) is 0 Å². The van der Waals surface area contributed by atoms with Crippen LogP contribution in [-0.4, -0.2) is 23.6 Å². The van der Waals surface area contributed by atoms with Crippen molar-refractivity contribution in [2.75, 3.05) is 24.3 Å². The van der Waals surface area contributed by atoms with Crippen molar-refractivity contribution in [2.24, 2.45) is 0 Å². The van der Waals surface area contributed by atoms with Crippen molar-refractivity contribution >= 4 is 28.9 Å². The molecule has 0 bridgehead atoms. The first-order valence-electron chi connectivity index (χ1n) is 8.80. The van der Waals surface area contributed by atoms with E-state index in [1.165, 1.54) is 0 Å². The number of nitrogens with one attached hydrogen (secondary N) is 2. The Balaban J connectivity index is 1.68. The van der Waals surface area contributed by atoms with E-state index < -0.39 is 0 Å². The number of aryl methyl sites for hydroxylation is 2. The van der Waals surface area contributed by atoms with Crippen molar-refractivity contribution in [1.29, 1.82) is 0 Å². The van der Waals surface area contributed by atoms with Gasteiger partial charge in [0.25, 0.3) is 0 Å². The minimum atomic E-state index is 0.700. The average Bonchev–Trinajstić information content (AvgIpc) is 2.64. The minimum Gasteiger partial charge on any atom is -0.496 e. The van der Waals surface area contributed by atoms with Gasteiger partial charge in [-0.1, -0.05) is 29.8 Å². The molecule has 2 N–H and O–H groups in total. The van der Waals surface area contributed by atoms with Gasteiger partial charge in [0.15, 0.2) is 0 Å². The van der Waals surface area contributed by atoms with E-state index in [0.717, 1.165) is 52.2 Å². The number of ether oxygens (including phenoxy) is 1. The molecule has 140 valence electrons. The van der Waals surface area contributed by atoms with Gasteiger partial charge >= 0.3 is 0 Å². The molecule has 3 aromatic rings. The molecule has 1 heterocycles. The highest BCUT2D eigenvalue weighted by molar-refractivity contribution is 6.30. The Hall–Kier alpha value is -2.79. The van der Waals surface area contributed by atoms with E-state index in [9.17, 15) is 0 Å². The zero-order chi connectivity index (χ0) is 19.2. The van der Waals surface area contributed by atoms with Crippen molar-refractivity contribution in [3.05, 3.63) is 70.5 Å². The molecule has 0 atom stereocenters. The highest BCUT2D eigenvalue weighted by Gasteiger charge is 2.06. The number of hydrogen-bond donors (Lipinski definition) is 2. The summed E-state index contributed by atoms with van der Waals surface area (Å²) >= 11 is 6.03. The average molecular weight is 383 g/mol. The van der Waals surface area contributed by atoms with Crippen LogP contribution in [-0.2, 0) is 6.42 Å². The van der Waals surface area contributed by atoms with Gasteiger partial charge in [0.2, 0.25) is 0 Å². The Labute approximate surface area is 164 Å². The molecule has 0 spiro atoms. The van der Waals surface area contributed by atoms with Crippen molar-refractivity contribution in [3.8, 4) is 5.75 Å². The largest absolute Gasteiger partial charge is 0.496 e. The number of halogens is 1. The standard InChI is InChI=1S/C21H23ClN4O/c1-14-12-17(22)8-9-18(14)26-21-13-20(24-15(2)25-21)23-11-10-16-6-4-5-7-19(16)27-3/h4-9,12-13H,10-11H2,1-3H3,(H2,23,24,25,26). The number of rotatable bonds is 7. The summed E-state index contributed by atoms with van der Waals surface area (Å²) in [6.07, 6.45) is 0.839. The third-order valence-corrected chi connectivity index (χ3v) is 4.42. The summed E-state index contributed by atoms with van der Waals surface area (Å²) in [6.45, 7) is 4.64. The molecule has 6 heteroatoms. The fraction of sp³-hybridized carbons (Fsp3) is 0.238. The maximum Gasteiger partial charge on any atom is 0.136 e. The molecule has 0 saturated heterocycles. The van der Waals surface area contributed by atoms with Gasteiger partial charge in [-0.15, -0.1) is 0 Å². The van der Waals surface area contributed by atoms with Crippen LogP contribution in [0.1, 0.15) is 17.0 Å².